The molecule has 0 aliphatic rings. The number of fused-ring (bicyclic) bond motifs is 1. The Labute approximate surface area is 151 Å². The zero-order chi connectivity index (χ0) is 17.9. The molecule has 3 aromatic heterocycles. The molecule has 0 atom stereocenters. The summed E-state index contributed by atoms with van der Waals surface area (Å²) in [5.74, 6) is 0.810. The minimum absolute atomic E-state index is 0.347. The largest absolute Gasteiger partial charge is 0.264 e. The Morgan fingerprint density at radius 1 is 1.04 bits per heavy atom. The molecule has 0 unspecified atom stereocenters. The van der Waals surface area contributed by atoms with Gasteiger partial charge in [-0.15, -0.1) is 0 Å². The second-order valence-electron chi connectivity index (χ2n) is 6.10. The van der Waals surface area contributed by atoms with Crippen molar-refractivity contribution < 1.29 is 0 Å². The second kappa shape index (κ2) is 6.77. The fraction of sp³-hybridized carbons (Fsp3) is 0.143. The standard InChI is InChI=1S/C21H17N5/c1-2-16-12-24-21(20-6-4-3-5-19(16)20)26-14-18(13-25-26)17-9-15(7-8-22)10-23-11-17/h3-6,9-14H,2,7H2,1H3. The highest BCUT2D eigenvalue weighted by Crippen LogP contribution is 2.26. The molecule has 5 heteroatoms. The predicted molar refractivity (Wildman–Crippen MR) is 101 cm³/mol. The lowest BCUT2D eigenvalue weighted by molar-refractivity contribution is 0.853. The van der Waals surface area contributed by atoms with E-state index in [0.717, 1.165) is 34.3 Å². The smallest absolute Gasteiger partial charge is 0.161 e. The van der Waals surface area contributed by atoms with Gasteiger partial charge in [-0.25, -0.2) is 9.67 Å². The van der Waals surface area contributed by atoms with Crippen LogP contribution in [0.3, 0.4) is 0 Å². The van der Waals surface area contributed by atoms with E-state index in [1.165, 1.54) is 10.9 Å². The van der Waals surface area contributed by atoms with Gasteiger partial charge < -0.3 is 0 Å². The third-order valence-electron chi connectivity index (χ3n) is 4.45. The van der Waals surface area contributed by atoms with E-state index in [-0.39, 0.29) is 0 Å². The summed E-state index contributed by atoms with van der Waals surface area (Å²) in [6.07, 6.45) is 10.5. The van der Waals surface area contributed by atoms with Crippen LogP contribution >= 0.6 is 0 Å². The van der Waals surface area contributed by atoms with E-state index in [4.69, 9.17) is 5.26 Å². The first-order valence-corrected chi connectivity index (χ1v) is 8.53. The van der Waals surface area contributed by atoms with Crippen LogP contribution in [0.2, 0.25) is 0 Å². The van der Waals surface area contributed by atoms with Crippen molar-refractivity contribution in [3.63, 3.8) is 0 Å². The normalized spacial score (nSPS) is 10.8. The van der Waals surface area contributed by atoms with E-state index in [9.17, 15) is 0 Å². The van der Waals surface area contributed by atoms with Gasteiger partial charge >= 0.3 is 0 Å². The van der Waals surface area contributed by atoms with Gasteiger partial charge in [0.25, 0.3) is 0 Å². The quantitative estimate of drug-likeness (QED) is 0.561. The molecule has 0 saturated carbocycles. The molecule has 4 aromatic rings. The number of hydrogen-bond acceptors (Lipinski definition) is 4. The summed E-state index contributed by atoms with van der Waals surface area (Å²) in [4.78, 5) is 8.87. The van der Waals surface area contributed by atoms with Crippen molar-refractivity contribution in [3.05, 3.63) is 72.4 Å². The van der Waals surface area contributed by atoms with Gasteiger partial charge in [0.1, 0.15) is 0 Å². The number of rotatable bonds is 4. The summed E-state index contributed by atoms with van der Waals surface area (Å²) in [6.45, 7) is 2.14. The molecule has 4 rings (SSSR count). The van der Waals surface area contributed by atoms with Crippen molar-refractivity contribution in [1.29, 1.82) is 5.26 Å². The highest BCUT2D eigenvalue weighted by atomic mass is 15.3. The van der Waals surface area contributed by atoms with E-state index in [1.807, 2.05) is 30.6 Å². The zero-order valence-corrected chi connectivity index (χ0v) is 14.4. The second-order valence-corrected chi connectivity index (χ2v) is 6.10. The SMILES string of the molecule is CCc1cnc(-n2cc(-c3cncc(CC#N)c3)cn2)c2ccccc12. The zero-order valence-electron chi connectivity index (χ0n) is 14.4. The lowest BCUT2D eigenvalue weighted by Gasteiger charge is -2.09. The minimum Gasteiger partial charge on any atom is -0.264 e. The maximum atomic E-state index is 8.87. The maximum Gasteiger partial charge on any atom is 0.161 e. The Hall–Kier alpha value is -3.52. The van der Waals surface area contributed by atoms with Crippen molar-refractivity contribution in [2.24, 2.45) is 0 Å². The first kappa shape index (κ1) is 16.0. The molecule has 0 spiro atoms. The third-order valence-corrected chi connectivity index (χ3v) is 4.45. The van der Waals surface area contributed by atoms with E-state index < -0.39 is 0 Å². The molecular formula is C21H17N5. The molecule has 0 aliphatic heterocycles. The number of hydrogen-bond donors (Lipinski definition) is 0. The molecular weight excluding hydrogens is 322 g/mol. The summed E-state index contributed by atoms with van der Waals surface area (Å²) >= 11 is 0. The Balaban J connectivity index is 1.79. The van der Waals surface area contributed by atoms with Crippen molar-refractivity contribution in [1.82, 2.24) is 19.7 Å². The number of pyridine rings is 2. The van der Waals surface area contributed by atoms with Crippen LogP contribution in [0, 0.1) is 11.3 Å². The lowest BCUT2D eigenvalue weighted by atomic mass is 10.1. The molecule has 1 aromatic carbocycles. The van der Waals surface area contributed by atoms with Crippen LogP contribution in [-0.4, -0.2) is 19.7 Å². The van der Waals surface area contributed by atoms with Crippen molar-refractivity contribution >= 4 is 10.8 Å². The Morgan fingerprint density at radius 2 is 1.88 bits per heavy atom. The van der Waals surface area contributed by atoms with E-state index >= 15 is 0 Å². The molecule has 0 fully saturated rings. The number of aromatic nitrogens is 4. The molecule has 126 valence electrons. The van der Waals surface area contributed by atoms with Gasteiger partial charge in [0.05, 0.1) is 18.7 Å². The molecule has 0 N–H and O–H groups in total. The molecule has 0 radical (unpaired) electrons. The van der Waals surface area contributed by atoms with Gasteiger partial charge in [0, 0.05) is 41.3 Å². The van der Waals surface area contributed by atoms with Gasteiger partial charge in [-0.05, 0) is 29.0 Å². The highest BCUT2D eigenvalue weighted by Gasteiger charge is 2.10. The van der Waals surface area contributed by atoms with Crippen molar-refractivity contribution in [2.75, 3.05) is 0 Å². The molecule has 3 heterocycles. The number of nitriles is 1. The van der Waals surface area contributed by atoms with E-state index in [1.54, 1.807) is 23.3 Å². The number of aryl methyl sites for hydroxylation is 1. The first-order chi connectivity index (χ1) is 12.8. The van der Waals surface area contributed by atoms with Crippen LogP contribution in [0.5, 0.6) is 0 Å². The molecule has 0 aliphatic carbocycles. The average Bonchev–Trinajstić information content (AvgIpc) is 3.17. The molecule has 0 amide bonds. The van der Waals surface area contributed by atoms with E-state index in [0.29, 0.717) is 6.42 Å². The highest BCUT2D eigenvalue weighted by molar-refractivity contribution is 5.91. The minimum atomic E-state index is 0.347. The topological polar surface area (TPSA) is 67.4 Å². The Kier molecular flexibility index (Phi) is 4.16. The van der Waals surface area contributed by atoms with Crippen LogP contribution < -0.4 is 0 Å². The average molecular weight is 339 g/mol. The Morgan fingerprint density at radius 3 is 2.69 bits per heavy atom. The van der Waals surface area contributed by atoms with Gasteiger partial charge in [0.15, 0.2) is 5.82 Å². The van der Waals surface area contributed by atoms with Crippen molar-refractivity contribution in [3.8, 4) is 23.0 Å². The van der Waals surface area contributed by atoms with Gasteiger partial charge in [-0.3, -0.25) is 4.98 Å². The summed E-state index contributed by atoms with van der Waals surface area (Å²) in [5, 5.41) is 15.7. The van der Waals surface area contributed by atoms with Crippen LogP contribution in [0.25, 0.3) is 27.7 Å². The van der Waals surface area contributed by atoms with E-state index in [2.05, 4.69) is 40.2 Å². The number of benzene rings is 1. The van der Waals surface area contributed by atoms with Gasteiger partial charge in [-0.2, -0.15) is 10.4 Å². The van der Waals surface area contributed by atoms with Crippen LogP contribution in [0.15, 0.2) is 61.3 Å². The monoisotopic (exact) mass is 339 g/mol. The fourth-order valence-electron chi connectivity index (χ4n) is 3.12. The predicted octanol–water partition coefficient (Wildman–Crippen LogP) is 4.11. The van der Waals surface area contributed by atoms with Gasteiger partial charge in [0.2, 0.25) is 0 Å². The van der Waals surface area contributed by atoms with Crippen LogP contribution in [0.1, 0.15) is 18.1 Å². The lowest BCUT2D eigenvalue weighted by Crippen LogP contribution is -2.00. The first-order valence-electron chi connectivity index (χ1n) is 8.53. The van der Waals surface area contributed by atoms with Crippen LogP contribution in [0.4, 0.5) is 0 Å². The summed E-state index contributed by atoms with van der Waals surface area (Å²) in [7, 11) is 0. The van der Waals surface area contributed by atoms with Crippen molar-refractivity contribution in [2.45, 2.75) is 19.8 Å². The molecule has 0 bridgehead atoms. The molecule has 5 nitrogen and oxygen atoms in total. The number of nitrogens with zero attached hydrogens (tertiary/aromatic N) is 5. The fourth-order valence-corrected chi connectivity index (χ4v) is 3.12. The molecule has 26 heavy (non-hydrogen) atoms. The summed E-state index contributed by atoms with van der Waals surface area (Å²) < 4.78 is 1.80. The van der Waals surface area contributed by atoms with Gasteiger partial charge in [-0.1, -0.05) is 31.2 Å². The summed E-state index contributed by atoms with van der Waals surface area (Å²) in [5.41, 5.74) is 4.01. The third kappa shape index (κ3) is 2.82. The molecule has 0 saturated heterocycles. The maximum absolute atomic E-state index is 8.87. The Bertz CT molecular complexity index is 1120. The van der Waals surface area contributed by atoms with Crippen LogP contribution in [-0.2, 0) is 12.8 Å². The summed E-state index contributed by atoms with van der Waals surface area (Å²) in [6, 6.07) is 12.4.